The smallest absolute Gasteiger partial charge is 0.410 e. The molecule has 4 aliphatic heterocycles. The van der Waals surface area contributed by atoms with Crippen LogP contribution in [0, 0.1) is 39.9 Å². The number of aromatic hydroxyl groups is 3. The molecule has 4 fully saturated rings. The van der Waals surface area contributed by atoms with Crippen LogP contribution in [0.5, 0.6) is 17.2 Å². The first kappa shape index (κ1) is 71.4. The van der Waals surface area contributed by atoms with Crippen molar-refractivity contribution in [2.45, 2.75) is 93.0 Å². The molecule has 0 aliphatic carbocycles. The Hall–Kier alpha value is -10.1. The molecule has 0 spiro atoms. The summed E-state index contributed by atoms with van der Waals surface area (Å²) in [6, 6.07) is 24.3. The number of carbonyl (C=O) groups excluding carboxylic acids is 3. The minimum absolute atomic E-state index is 0.0853. The Morgan fingerprint density at radius 3 is 1.15 bits per heavy atom. The number of hydrogen-bond acceptors (Lipinski definition) is 23. The normalized spacial score (nSPS) is 15.3. The maximum Gasteiger partial charge on any atom is 0.410 e. The zero-order chi connectivity index (χ0) is 68.8. The number of aromatic nitrogens is 2. The quantitative estimate of drug-likeness (QED) is 0.0339. The lowest BCUT2D eigenvalue weighted by atomic mass is 10.2. The van der Waals surface area contributed by atoms with Crippen LogP contribution in [0.15, 0.2) is 99.8 Å². The number of nitro groups is 2. The molecule has 5 aromatic carbocycles. The van der Waals surface area contributed by atoms with E-state index in [1.165, 1.54) is 17.8 Å². The topological polar surface area (TPSA) is 339 Å². The van der Waals surface area contributed by atoms with E-state index < -0.39 is 43.9 Å². The van der Waals surface area contributed by atoms with Crippen molar-refractivity contribution in [2.24, 2.45) is 0 Å². The fourth-order valence-corrected chi connectivity index (χ4v) is 10.0. The van der Waals surface area contributed by atoms with Crippen LogP contribution in [-0.4, -0.2) is 190 Å². The number of aryl methyl sites for hydroxylation is 2. The molecule has 3 amide bonds. The molecule has 28 nitrogen and oxygen atoms in total. The largest absolute Gasteiger partial charge is 0.506 e. The van der Waals surface area contributed by atoms with Gasteiger partial charge in [-0.3, -0.25) is 20.2 Å². The van der Waals surface area contributed by atoms with Crippen molar-refractivity contribution in [3.05, 3.63) is 129 Å². The molecule has 94 heavy (non-hydrogen) atoms. The first-order valence-electron chi connectivity index (χ1n) is 30.8. The van der Waals surface area contributed by atoms with Crippen LogP contribution >= 0.6 is 0 Å². The van der Waals surface area contributed by atoms with Gasteiger partial charge in [-0.25, -0.2) is 28.7 Å². The summed E-state index contributed by atoms with van der Waals surface area (Å²) in [5, 5.41) is 52.3. The number of nitrogens with two attached hydrogens (primary N) is 1. The van der Waals surface area contributed by atoms with Gasteiger partial charge in [0, 0.05) is 184 Å². The third kappa shape index (κ3) is 21.0. The molecule has 7 aromatic rings. The van der Waals surface area contributed by atoms with Gasteiger partial charge >= 0.3 is 29.7 Å². The number of phenols is 3. The van der Waals surface area contributed by atoms with Crippen molar-refractivity contribution in [1.82, 2.24) is 30.0 Å². The SMILES string of the molecule is CC(C)(C)OC(=O)N1CCN(c2ccc(N)c(O)c2)CC1.CC(C)(C)OC(=O)N1CCN(c2ccc([N+](=O)[O-])c(O)c2)CC1.Cc1nc2ccc(N3CCN(C(=O)OC(C)(C)C)CC3)cc2o1.Cc1nc2ccc(N3CCNCC3)cc2o1.O=[N+]([O-])c1ccc(F)cc1O. The van der Waals surface area contributed by atoms with Crippen molar-refractivity contribution in [1.29, 1.82) is 0 Å². The number of ether oxygens (including phenoxy) is 3. The van der Waals surface area contributed by atoms with Gasteiger partial charge in [-0.15, -0.1) is 0 Å². The number of piperazine rings is 4. The fraction of sp³-hybridized carbons (Fsp3) is 0.462. The molecule has 508 valence electrons. The lowest BCUT2D eigenvalue weighted by Crippen LogP contribution is -2.50. The van der Waals surface area contributed by atoms with Crippen LogP contribution in [0.3, 0.4) is 0 Å². The van der Waals surface area contributed by atoms with Gasteiger partial charge in [0.25, 0.3) is 0 Å². The van der Waals surface area contributed by atoms with E-state index in [1.54, 1.807) is 32.9 Å². The zero-order valence-corrected chi connectivity index (χ0v) is 55.1. The number of nitrogen functional groups attached to an aromatic ring is 1. The lowest BCUT2D eigenvalue weighted by Gasteiger charge is -2.36. The number of oxazole rings is 2. The van der Waals surface area contributed by atoms with E-state index in [2.05, 4.69) is 42.1 Å². The van der Waals surface area contributed by atoms with Crippen molar-refractivity contribution >= 4 is 80.3 Å². The molecular weight excluding hydrogens is 1220 g/mol. The number of phenolic OH excluding ortho intramolecular Hbond substituents is 3. The van der Waals surface area contributed by atoms with Crippen LogP contribution < -0.4 is 30.7 Å². The number of benzene rings is 5. The highest BCUT2D eigenvalue weighted by Crippen LogP contribution is 2.33. The zero-order valence-electron chi connectivity index (χ0n) is 55.1. The summed E-state index contributed by atoms with van der Waals surface area (Å²) >= 11 is 0. The van der Waals surface area contributed by atoms with Crippen LogP contribution in [0.25, 0.3) is 22.2 Å². The number of rotatable bonds is 6. The number of carbonyl (C=O) groups is 3. The van der Waals surface area contributed by atoms with Gasteiger partial charge < -0.3 is 83.7 Å². The summed E-state index contributed by atoms with van der Waals surface area (Å²) in [6.45, 7) is 32.2. The summed E-state index contributed by atoms with van der Waals surface area (Å²) in [5.74, 6) is -0.230. The van der Waals surface area contributed by atoms with Gasteiger partial charge in [0.1, 0.15) is 39.4 Å². The van der Waals surface area contributed by atoms with Gasteiger partial charge in [0.05, 0.1) is 15.5 Å². The predicted molar refractivity (Wildman–Crippen MR) is 355 cm³/mol. The number of nitrogens with one attached hydrogen (secondary N) is 1. The van der Waals surface area contributed by atoms with Crippen LogP contribution in [0.1, 0.15) is 74.1 Å². The maximum atomic E-state index is 12.2. The molecule has 11 rings (SSSR count). The third-order valence-corrected chi connectivity index (χ3v) is 14.6. The Labute approximate surface area is 544 Å². The Morgan fingerprint density at radius 1 is 0.489 bits per heavy atom. The summed E-state index contributed by atoms with van der Waals surface area (Å²) in [4.78, 5) is 77.9. The summed E-state index contributed by atoms with van der Waals surface area (Å²) in [6.07, 6.45) is -0.857. The average molecular weight is 1310 g/mol. The van der Waals surface area contributed by atoms with E-state index >= 15 is 0 Å². The minimum atomic E-state index is -0.783. The van der Waals surface area contributed by atoms with E-state index in [0.717, 1.165) is 90.9 Å². The number of amides is 3. The van der Waals surface area contributed by atoms with E-state index in [1.807, 2.05) is 111 Å². The van der Waals surface area contributed by atoms with Gasteiger partial charge in [-0.05, 0) is 111 Å². The molecule has 0 bridgehead atoms. The number of nitrogens with zero attached hydrogens (tertiary/aromatic N) is 11. The second kappa shape index (κ2) is 31.0. The Kier molecular flexibility index (Phi) is 23.6. The van der Waals surface area contributed by atoms with Crippen LogP contribution in [0.2, 0.25) is 0 Å². The molecule has 29 heteroatoms. The predicted octanol–water partition coefficient (Wildman–Crippen LogP) is 10.6. The molecular formula is C65H86FN13O15. The number of anilines is 5. The van der Waals surface area contributed by atoms with Gasteiger partial charge in [-0.1, -0.05) is 0 Å². The average Bonchev–Trinajstić information content (AvgIpc) is 1.03. The fourth-order valence-electron chi connectivity index (χ4n) is 10.0. The standard InChI is InChI=1S/C17H23N3O3.C15H21N3O5.C15H23N3O3.C12H15N3O.C6H4FNO3/c1-12-18-14-6-5-13(11-15(14)22-12)19-7-9-20(10-8-19)16(21)23-17(2,3)4;1-15(2,3)23-14(20)17-8-6-16(7-9-17)11-4-5-12(18(21)22)13(19)10-11;1-15(2,3)21-14(20)18-8-6-17(7-9-18)11-4-5-12(16)13(19)10-11;1-9-14-11-3-2-10(8-12(11)16-9)15-6-4-13-5-7-15;7-4-1-2-5(8(10)11)6(9)3-4/h5-6,11H,7-10H2,1-4H3;4-5,10,19H,6-9H2,1-3H3;4-5,10,19H,6-9,16H2,1-3H3;2-3,8,13H,4-7H2,1H3;1-3,9H. The van der Waals surface area contributed by atoms with E-state index in [0.29, 0.717) is 88.8 Å². The molecule has 6 N–H and O–H groups in total. The van der Waals surface area contributed by atoms with Crippen LogP contribution in [-0.2, 0) is 14.2 Å². The van der Waals surface area contributed by atoms with Crippen molar-refractivity contribution < 1.29 is 67.0 Å². The maximum absolute atomic E-state index is 12.2. The molecule has 0 atom stereocenters. The summed E-state index contributed by atoms with van der Waals surface area (Å²) < 4.78 is 39.5. The highest BCUT2D eigenvalue weighted by molar-refractivity contribution is 5.79. The van der Waals surface area contributed by atoms with Crippen LogP contribution in [0.4, 0.5) is 58.6 Å². The first-order valence-corrected chi connectivity index (χ1v) is 30.8. The summed E-state index contributed by atoms with van der Waals surface area (Å²) in [7, 11) is 0. The Morgan fingerprint density at radius 2 is 0.809 bits per heavy atom. The van der Waals surface area contributed by atoms with Gasteiger partial charge in [0.2, 0.25) is 0 Å². The van der Waals surface area contributed by atoms with E-state index in [-0.39, 0.29) is 35.5 Å². The second-order valence-electron chi connectivity index (χ2n) is 25.4. The lowest BCUT2D eigenvalue weighted by molar-refractivity contribution is -0.386. The van der Waals surface area contributed by atoms with Crippen molar-refractivity contribution in [3.63, 3.8) is 0 Å². The highest BCUT2D eigenvalue weighted by Gasteiger charge is 2.30. The number of nitro benzene ring substituents is 2. The van der Waals surface area contributed by atoms with Gasteiger partial charge in [-0.2, -0.15) is 0 Å². The Balaban J connectivity index is 0.000000169. The Bertz CT molecular complexity index is 3740. The molecule has 0 saturated carbocycles. The number of hydrogen-bond donors (Lipinski definition) is 5. The van der Waals surface area contributed by atoms with Crippen molar-refractivity contribution in [2.75, 3.05) is 130 Å². The molecule has 0 radical (unpaired) electrons. The number of fused-ring (bicyclic) bond motifs is 2. The third-order valence-electron chi connectivity index (χ3n) is 14.6. The van der Waals surface area contributed by atoms with Gasteiger partial charge in [0.15, 0.2) is 34.4 Å². The first-order chi connectivity index (χ1) is 44.2. The summed E-state index contributed by atoms with van der Waals surface area (Å²) in [5.41, 5.74) is 11.1. The number of halogens is 1. The van der Waals surface area contributed by atoms with E-state index in [9.17, 15) is 49.2 Å². The molecule has 0 unspecified atom stereocenters. The highest BCUT2D eigenvalue weighted by atomic mass is 19.1. The monoisotopic (exact) mass is 1310 g/mol. The molecule has 6 heterocycles. The molecule has 2 aromatic heterocycles. The minimum Gasteiger partial charge on any atom is -0.506 e. The van der Waals surface area contributed by atoms with E-state index in [4.69, 9.17) is 33.9 Å². The molecule has 4 saturated heterocycles. The van der Waals surface area contributed by atoms with Crippen molar-refractivity contribution in [3.8, 4) is 17.2 Å². The second-order valence-corrected chi connectivity index (χ2v) is 25.4. The molecule has 4 aliphatic rings.